The third-order valence-electron chi connectivity index (χ3n) is 3.67. The van der Waals surface area contributed by atoms with Gasteiger partial charge in [-0.25, -0.2) is 0 Å². The van der Waals surface area contributed by atoms with E-state index in [-0.39, 0.29) is 17.7 Å². The number of nitrogens with zero attached hydrogens (tertiary/aromatic N) is 3. The van der Waals surface area contributed by atoms with E-state index >= 15 is 0 Å². The number of piperidine rings is 1. The van der Waals surface area contributed by atoms with Crippen molar-refractivity contribution in [3.8, 4) is 0 Å². The molecule has 108 valence electrons. The van der Waals surface area contributed by atoms with E-state index in [0.717, 1.165) is 31.5 Å². The smallest absolute Gasteiger partial charge is 0.272 e. The van der Waals surface area contributed by atoms with Crippen molar-refractivity contribution in [3.05, 3.63) is 24.0 Å². The Bertz CT molecular complexity index is 514. The number of hydrogen-bond donors (Lipinski definition) is 0. The molecule has 1 unspecified atom stereocenters. The van der Waals surface area contributed by atoms with Gasteiger partial charge in [0.15, 0.2) is 5.78 Å². The number of rotatable bonds is 3. The van der Waals surface area contributed by atoms with Crippen LogP contribution in [0.15, 0.2) is 18.3 Å². The Morgan fingerprint density at radius 2 is 2.10 bits per heavy atom. The van der Waals surface area contributed by atoms with Crippen molar-refractivity contribution in [1.82, 2.24) is 9.88 Å². The third kappa shape index (κ3) is 2.98. The van der Waals surface area contributed by atoms with E-state index in [0.29, 0.717) is 5.69 Å². The molecule has 0 radical (unpaired) electrons. The second kappa shape index (κ2) is 6.03. The van der Waals surface area contributed by atoms with E-state index in [1.807, 2.05) is 6.07 Å². The van der Waals surface area contributed by atoms with Crippen LogP contribution in [0.25, 0.3) is 0 Å². The average Bonchev–Trinajstić information content (AvgIpc) is 2.46. The predicted molar refractivity (Wildman–Crippen MR) is 77.9 cm³/mol. The van der Waals surface area contributed by atoms with E-state index in [1.54, 1.807) is 33.3 Å². The number of aromatic nitrogens is 1. The molecular formula is C15H21N3O2. The van der Waals surface area contributed by atoms with Crippen LogP contribution in [0.5, 0.6) is 0 Å². The number of hydrogen-bond acceptors (Lipinski definition) is 4. The molecule has 1 atom stereocenters. The quantitative estimate of drug-likeness (QED) is 0.843. The van der Waals surface area contributed by atoms with Gasteiger partial charge in [0, 0.05) is 32.5 Å². The van der Waals surface area contributed by atoms with Gasteiger partial charge in [0.1, 0.15) is 5.69 Å². The molecule has 0 spiro atoms. The molecule has 0 saturated carbocycles. The van der Waals surface area contributed by atoms with Crippen LogP contribution in [-0.2, 0) is 4.79 Å². The molecule has 20 heavy (non-hydrogen) atoms. The zero-order chi connectivity index (χ0) is 14.7. The molecule has 2 rings (SSSR count). The summed E-state index contributed by atoms with van der Waals surface area (Å²) < 4.78 is 0. The van der Waals surface area contributed by atoms with Gasteiger partial charge in [-0.3, -0.25) is 14.6 Å². The molecule has 1 aliphatic heterocycles. The fraction of sp³-hybridized carbons (Fsp3) is 0.533. The summed E-state index contributed by atoms with van der Waals surface area (Å²) in [7, 11) is 3.41. The minimum Gasteiger partial charge on any atom is -0.361 e. The maximum absolute atomic E-state index is 12.0. The monoisotopic (exact) mass is 275 g/mol. The van der Waals surface area contributed by atoms with Crippen LogP contribution in [0.1, 0.15) is 36.7 Å². The fourth-order valence-corrected chi connectivity index (χ4v) is 2.61. The molecule has 1 aromatic heterocycles. The zero-order valence-corrected chi connectivity index (χ0v) is 12.3. The Morgan fingerprint density at radius 3 is 2.75 bits per heavy atom. The maximum atomic E-state index is 12.0. The molecule has 0 N–H and O–H groups in total. The van der Waals surface area contributed by atoms with Gasteiger partial charge in [0.25, 0.3) is 5.91 Å². The van der Waals surface area contributed by atoms with Gasteiger partial charge >= 0.3 is 0 Å². The molecule has 2 heterocycles. The van der Waals surface area contributed by atoms with Crippen LogP contribution in [0.4, 0.5) is 5.69 Å². The highest BCUT2D eigenvalue weighted by atomic mass is 16.2. The van der Waals surface area contributed by atoms with E-state index in [9.17, 15) is 9.59 Å². The predicted octanol–water partition coefficient (Wildman–Crippen LogP) is 1.73. The number of carbonyl (C=O) groups is 2. The lowest BCUT2D eigenvalue weighted by Crippen LogP contribution is -2.44. The van der Waals surface area contributed by atoms with Crippen molar-refractivity contribution >= 4 is 17.4 Å². The van der Waals surface area contributed by atoms with E-state index in [4.69, 9.17) is 0 Å². The molecule has 5 heteroatoms. The molecule has 0 aromatic carbocycles. The molecule has 1 fully saturated rings. The minimum atomic E-state index is -0.122. The Labute approximate surface area is 119 Å². The second-order valence-electron chi connectivity index (χ2n) is 5.41. The molecular weight excluding hydrogens is 254 g/mol. The Hall–Kier alpha value is -1.91. The third-order valence-corrected chi connectivity index (χ3v) is 3.67. The van der Waals surface area contributed by atoms with Gasteiger partial charge in [-0.1, -0.05) is 0 Å². The topological polar surface area (TPSA) is 53.5 Å². The Kier molecular flexibility index (Phi) is 4.37. The molecule has 5 nitrogen and oxygen atoms in total. The van der Waals surface area contributed by atoms with E-state index in [1.165, 1.54) is 4.90 Å². The number of carbonyl (C=O) groups excluding carboxylic acids is 2. The Balaban J connectivity index is 2.29. The number of anilines is 1. The lowest BCUT2D eigenvalue weighted by Gasteiger charge is -2.36. The van der Waals surface area contributed by atoms with Crippen molar-refractivity contribution in [2.24, 2.45) is 0 Å². The first-order valence-corrected chi connectivity index (χ1v) is 6.95. The summed E-state index contributed by atoms with van der Waals surface area (Å²) in [5, 5.41) is 0. The van der Waals surface area contributed by atoms with E-state index < -0.39 is 0 Å². The summed E-state index contributed by atoms with van der Waals surface area (Å²) >= 11 is 0. The highest BCUT2D eigenvalue weighted by Crippen LogP contribution is 2.25. The number of Topliss-reactive ketones (excluding diaryl/α,β-unsaturated/α-hetero) is 1. The maximum Gasteiger partial charge on any atom is 0.272 e. The van der Waals surface area contributed by atoms with Gasteiger partial charge in [-0.2, -0.15) is 0 Å². The van der Waals surface area contributed by atoms with Crippen molar-refractivity contribution < 1.29 is 9.59 Å². The van der Waals surface area contributed by atoms with Crippen molar-refractivity contribution in [2.45, 2.75) is 32.2 Å². The fourth-order valence-electron chi connectivity index (χ4n) is 2.61. The lowest BCUT2D eigenvalue weighted by molar-refractivity contribution is -0.118. The number of ketones is 1. The minimum absolute atomic E-state index is 0.0755. The van der Waals surface area contributed by atoms with Crippen molar-refractivity contribution in [2.75, 3.05) is 25.5 Å². The highest BCUT2D eigenvalue weighted by molar-refractivity contribution is 5.93. The normalized spacial score (nSPS) is 18.8. The standard InChI is InChI=1S/C15H21N3O2/c1-11(19)14-6-4-5-9-18(14)12-7-8-16-13(10-12)15(20)17(2)3/h7-8,10,14H,4-6,9H2,1-3H3. The summed E-state index contributed by atoms with van der Waals surface area (Å²) in [6.07, 6.45) is 4.67. The lowest BCUT2D eigenvalue weighted by atomic mass is 9.98. The van der Waals surface area contributed by atoms with Gasteiger partial charge in [-0.15, -0.1) is 0 Å². The number of pyridine rings is 1. The molecule has 1 aromatic rings. The largest absolute Gasteiger partial charge is 0.361 e. The molecule has 0 aliphatic carbocycles. The summed E-state index contributed by atoms with van der Waals surface area (Å²) in [6, 6.07) is 3.57. The van der Waals surface area contributed by atoms with Crippen LogP contribution in [0.3, 0.4) is 0 Å². The number of amides is 1. The average molecular weight is 275 g/mol. The summed E-state index contributed by atoms with van der Waals surface area (Å²) in [4.78, 5) is 31.5. The summed E-state index contributed by atoms with van der Waals surface area (Å²) in [5.74, 6) is 0.0604. The van der Waals surface area contributed by atoms with Gasteiger partial charge in [-0.05, 0) is 38.3 Å². The van der Waals surface area contributed by atoms with Crippen molar-refractivity contribution in [1.29, 1.82) is 0 Å². The van der Waals surface area contributed by atoms with Crippen LogP contribution < -0.4 is 4.90 Å². The van der Waals surface area contributed by atoms with Crippen molar-refractivity contribution in [3.63, 3.8) is 0 Å². The SMILES string of the molecule is CC(=O)C1CCCCN1c1ccnc(C(=O)N(C)C)c1. The molecule has 1 amide bonds. The molecule has 0 bridgehead atoms. The summed E-state index contributed by atoms with van der Waals surface area (Å²) in [5.41, 5.74) is 1.32. The highest BCUT2D eigenvalue weighted by Gasteiger charge is 2.26. The first-order chi connectivity index (χ1) is 9.50. The van der Waals surface area contributed by atoms with Gasteiger partial charge < -0.3 is 9.80 Å². The molecule has 1 saturated heterocycles. The van der Waals surface area contributed by atoms with Crippen LogP contribution >= 0.6 is 0 Å². The van der Waals surface area contributed by atoms with Crippen LogP contribution in [0.2, 0.25) is 0 Å². The first-order valence-electron chi connectivity index (χ1n) is 6.95. The van der Waals surface area contributed by atoms with Gasteiger partial charge in [0.05, 0.1) is 6.04 Å². The summed E-state index contributed by atoms with van der Waals surface area (Å²) in [6.45, 7) is 2.49. The van der Waals surface area contributed by atoms with Gasteiger partial charge in [0.2, 0.25) is 0 Å². The van der Waals surface area contributed by atoms with Crippen LogP contribution in [0, 0.1) is 0 Å². The Morgan fingerprint density at radius 1 is 1.35 bits per heavy atom. The molecule has 1 aliphatic rings. The zero-order valence-electron chi connectivity index (χ0n) is 12.3. The van der Waals surface area contributed by atoms with E-state index in [2.05, 4.69) is 9.88 Å². The van der Waals surface area contributed by atoms with Crippen LogP contribution in [-0.4, -0.2) is 48.3 Å². The first kappa shape index (κ1) is 14.5. The second-order valence-corrected chi connectivity index (χ2v) is 5.41.